The number of para-hydroxylation sites is 1. The first-order chi connectivity index (χ1) is 9.43. The number of nitrogens with one attached hydrogen (secondary N) is 1. The summed E-state index contributed by atoms with van der Waals surface area (Å²) in [6, 6.07) is 14.9. The van der Waals surface area contributed by atoms with Crippen LogP contribution >= 0.6 is 11.3 Å². The first-order valence-electron chi connectivity index (χ1n) is 6.88. The summed E-state index contributed by atoms with van der Waals surface area (Å²) in [4.78, 5) is 1.46. The molecular formula is C16H19NOS. The molecule has 1 aliphatic carbocycles. The predicted octanol–water partition coefficient (Wildman–Crippen LogP) is 3.87. The van der Waals surface area contributed by atoms with Crippen LogP contribution in [0.25, 0.3) is 0 Å². The molecule has 0 spiro atoms. The Kier molecular flexibility index (Phi) is 4.16. The van der Waals surface area contributed by atoms with Crippen molar-refractivity contribution in [1.82, 2.24) is 5.32 Å². The van der Waals surface area contributed by atoms with Crippen molar-refractivity contribution in [2.45, 2.75) is 18.9 Å². The van der Waals surface area contributed by atoms with Crippen LogP contribution in [0.15, 0.2) is 47.8 Å². The molecule has 1 saturated carbocycles. The minimum atomic E-state index is 0.527. The van der Waals surface area contributed by atoms with Crippen molar-refractivity contribution >= 4 is 11.3 Å². The lowest BCUT2D eigenvalue weighted by atomic mass is 10.1. The van der Waals surface area contributed by atoms with E-state index in [1.807, 2.05) is 41.7 Å². The molecule has 0 aliphatic heterocycles. The zero-order valence-electron chi connectivity index (χ0n) is 10.9. The normalized spacial score (nSPS) is 16.2. The van der Waals surface area contributed by atoms with Crippen molar-refractivity contribution in [2.75, 3.05) is 13.2 Å². The second kappa shape index (κ2) is 6.22. The molecule has 1 unspecified atom stereocenters. The van der Waals surface area contributed by atoms with Gasteiger partial charge < -0.3 is 10.1 Å². The fourth-order valence-corrected chi connectivity index (χ4v) is 3.19. The average molecular weight is 273 g/mol. The average Bonchev–Trinajstić information content (AvgIpc) is 3.14. The fourth-order valence-electron chi connectivity index (χ4n) is 2.30. The zero-order chi connectivity index (χ0) is 12.9. The maximum Gasteiger partial charge on any atom is 0.119 e. The van der Waals surface area contributed by atoms with Crippen LogP contribution in [0.3, 0.4) is 0 Å². The van der Waals surface area contributed by atoms with Crippen molar-refractivity contribution < 1.29 is 4.74 Å². The molecule has 100 valence electrons. The van der Waals surface area contributed by atoms with Gasteiger partial charge in [-0.15, -0.1) is 11.3 Å². The van der Waals surface area contributed by atoms with E-state index >= 15 is 0 Å². The highest BCUT2D eigenvalue weighted by Gasteiger charge is 2.32. The van der Waals surface area contributed by atoms with Crippen molar-refractivity contribution in [2.24, 2.45) is 5.92 Å². The van der Waals surface area contributed by atoms with Crippen LogP contribution in [0.1, 0.15) is 23.8 Å². The minimum Gasteiger partial charge on any atom is -0.492 e. The van der Waals surface area contributed by atoms with Crippen LogP contribution in [-0.2, 0) is 0 Å². The molecule has 0 radical (unpaired) electrons. The highest BCUT2D eigenvalue weighted by Crippen LogP contribution is 2.42. The Morgan fingerprint density at radius 2 is 2.00 bits per heavy atom. The van der Waals surface area contributed by atoms with E-state index in [1.54, 1.807) is 0 Å². The van der Waals surface area contributed by atoms with Gasteiger partial charge in [0.2, 0.25) is 0 Å². The lowest BCUT2D eigenvalue weighted by Crippen LogP contribution is -2.27. The van der Waals surface area contributed by atoms with E-state index in [9.17, 15) is 0 Å². The smallest absolute Gasteiger partial charge is 0.119 e. The molecule has 1 aliphatic rings. The molecular weight excluding hydrogens is 254 g/mol. The Morgan fingerprint density at radius 1 is 1.16 bits per heavy atom. The van der Waals surface area contributed by atoms with Gasteiger partial charge in [0.1, 0.15) is 12.4 Å². The van der Waals surface area contributed by atoms with Crippen LogP contribution in [0, 0.1) is 5.92 Å². The largest absolute Gasteiger partial charge is 0.492 e. The maximum atomic E-state index is 5.71. The van der Waals surface area contributed by atoms with Crippen molar-refractivity contribution in [3.63, 3.8) is 0 Å². The fraction of sp³-hybridized carbons (Fsp3) is 0.375. The molecule has 1 aromatic heterocycles. The topological polar surface area (TPSA) is 21.3 Å². The molecule has 1 fully saturated rings. The van der Waals surface area contributed by atoms with Gasteiger partial charge in [-0.1, -0.05) is 24.3 Å². The highest BCUT2D eigenvalue weighted by molar-refractivity contribution is 7.10. The summed E-state index contributed by atoms with van der Waals surface area (Å²) in [7, 11) is 0. The molecule has 1 N–H and O–H groups in total. The Morgan fingerprint density at radius 3 is 2.68 bits per heavy atom. The van der Waals surface area contributed by atoms with Crippen molar-refractivity contribution in [3.05, 3.63) is 52.7 Å². The monoisotopic (exact) mass is 273 g/mol. The van der Waals surface area contributed by atoms with E-state index in [4.69, 9.17) is 4.74 Å². The Labute approximate surface area is 118 Å². The third-order valence-corrected chi connectivity index (χ3v) is 4.38. The van der Waals surface area contributed by atoms with E-state index in [0.29, 0.717) is 6.04 Å². The van der Waals surface area contributed by atoms with Gasteiger partial charge >= 0.3 is 0 Å². The Bertz CT molecular complexity index is 479. The lowest BCUT2D eigenvalue weighted by Gasteiger charge is -2.17. The van der Waals surface area contributed by atoms with Gasteiger partial charge in [0.25, 0.3) is 0 Å². The number of hydrogen-bond acceptors (Lipinski definition) is 3. The SMILES string of the molecule is c1ccc(OCCNC(c2cccs2)C2CC2)cc1. The maximum absolute atomic E-state index is 5.71. The van der Waals surface area contributed by atoms with Gasteiger partial charge in [-0.3, -0.25) is 0 Å². The second-order valence-corrected chi connectivity index (χ2v) is 5.93. The molecule has 0 bridgehead atoms. The summed E-state index contributed by atoms with van der Waals surface area (Å²) in [6.45, 7) is 1.62. The number of hydrogen-bond donors (Lipinski definition) is 1. The molecule has 0 saturated heterocycles. The van der Waals surface area contributed by atoms with E-state index in [0.717, 1.165) is 24.8 Å². The van der Waals surface area contributed by atoms with Crippen LogP contribution in [0.5, 0.6) is 5.75 Å². The third kappa shape index (κ3) is 3.58. The van der Waals surface area contributed by atoms with Gasteiger partial charge in [-0.2, -0.15) is 0 Å². The van der Waals surface area contributed by atoms with E-state index < -0.39 is 0 Å². The quantitative estimate of drug-likeness (QED) is 0.773. The van der Waals surface area contributed by atoms with Crippen LogP contribution < -0.4 is 10.1 Å². The summed E-state index contributed by atoms with van der Waals surface area (Å²) in [5.74, 6) is 1.78. The third-order valence-electron chi connectivity index (χ3n) is 3.42. The van der Waals surface area contributed by atoms with E-state index in [-0.39, 0.29) is 0 Å². The predicted molar refractivity (Wildman–Crippen MR) is 79.7 cm³/mol. The molecule has 1 aromatic carbocycles. The number of ether oxygens (including phenoxy) is 1. The van der Waals surface area contributed by atoms with Gasteiger partial charge in [0.05, 0.1) is 0 Å². The summed E-state index contributed by atoms with van der Waals surface area (Å²) >= 11 is 1.85. The first-order valence-corrected chi connectivity index (χ1v) is 7.76. The number of rotatable bonds is 7. The molecule has 2 nitrogen and oxygen atoms in total. The van der Waals surface area contributed by atoms with Crippen molar-refractivity contribution in [1.29, 1.82) is 0 Å². The zero-order valence-corrected chi connectivity index (χ0v) is 11.7. The van der Waals surface area contributed by atoms with E-state index in [2.05, 4.69) is 22.8 Å². The highest BCUT2D eigenvalue weighted by atomic mass is 32.1. The summed E-state index contributed by atoms with van der Waals surface area (Å²) in [5, 5.41) is 5.80. The molecule has 1 atom stereocenters. The standard InChI is InChI=1S/C16H19NOS/c1-2-5-14(6-3-1)18-11-10-17-16(13-8-9-13)15-7-4-12-19-15/h1-7,12-13,16-17H,8-11H2. The van der Waals surface area contributed by atoms with Crippen LogP contribution in [-0.4, -0.2) is 13.2 Å². The van der Waals surface area contributed by atoms with Crippen molar-refractivity contribution in [3.8, 4) is 5.75 Å². The van der Waals surface area contributed by atoms with Gasteiger partial charge in [-0.05, 0) is 42.3 Å². The molecule has 3 heteroatoms. The van der Waals surface area contributed by atoms with Gasteiger partial charge in [0.15, 0.2) is 0 Å². The minimum absolute atomic E-state index is 0.527. The number of benzene rings is 1. The molecule has 2 aromatic rings. The lowest BCUT2D eigenvalue weighted by molar-refractivity contribution is 0.302. The second-order valence-electron chi connectivity index (χ2n) is 4.95. The molecule has 19 heavy (non-hydrogen) atoms. The van der Waals surface area contributed by atoms with Crippen LogP contribution in [0.2, 0.25) is 0 Å². The first kappa shape index (κ1) is 12.7. The molecule has 3 rings (SSSR count). The Hall–Kier alpha value is -1.32. The summed E-state index contributed by atoms with van der Waals surface area (Å²) in [5.41, 5.74) is 0. The summed E-state index contributed by atoms with van der Waals surface area (Å²) in [6.07, 6.45) is 2.71. The van der Waals surface area contributed by atoms with E-state index in [1.165, 1.54) is 17.7 Å². The van der Waals surface area contributed by atoms with Gasteiger partial charge in [0, 0.05) is 17.5 Å². The van der Waals surface area contributed by atoms with Crippen LogP contribution in [0.4, 0.5) is 0 Å². The summed E-state index contributed by atoms with van der Waals surface area (Å²) < 4.78 is 5.71. The number of thiophene rings is 1. The molecule has 1 heterocycles. The molecule has 0 amide bonds. The Balaban J connectivity index is 1.46. The van der Waals surface area contributed by atoms with Gasteiger partial charge in [-0.25, -0.2) is 0 Å².